The van der Waals surface area contributed by atoms with Crippen LogP contribution in [-0.2, 0) is 78.3 Å². The molecule has 0 spiro atoms. The van der Waals surface area contributed by atoms with Crippen molar-refractivity contribution < 1.29 is 92.3 Å². The van der Waals surface area contributed by atoms with Gasteiger partial charge in [0.2, 0.25) is 47.3 Å². The Kier molecular flexibility index (Phi) is 57.9. The Bertz CT molecular complexity index is 3240. The number of nitrogens with two attached hydrogens (primary N) is 6. The molecule has 0 saturated carbocycles. The first-order chi connectivity index (χ1) is 55.3. The number of nitrogens with one attached hydrogen (secondary N) is 6. The van der Waals surface area contributed by atoms with Crippen molar-refractivity contribution in [3.8, 4) is 5.75 Å². The number of guanidine groups is 1. The SMILES string of the molecule is CC(C)[C@H](CC(=O)[C@H](C)NC(=O)[C@H](CCCCN)CC(=O)[C@H](CCCN=C(N)N)NC(=O)[C@@H](C)Cc1ccc(O)cc1)C(=O)N[C@@H](CCCCN)C(=O)C[C@@H](C)C(N)=O.CCCCCCCCCCCCCCCC(=O)N[C@@H](CO)C(=O)C[C@@H](CCC(=O)O)C(=O)N[C@H](C(=O)C[C@H](C(=O)N[C@@H](CCC(N)=O)C(=O)CC)[C@@H](C)CC)[C@@H](C)O. The number of aliphatic imine (C=N–C) groups is 1. The van der Waals surface area contributed by atoms with Gasteiger partial charge in [-0.1, -0.05) is 157 Å². The number of unbranched alkanes of at least 4 members (excludes halogenated alkanes) is 14. The number of hydrogen-bond donors (Lipinski definition) is 16. The van der Waals surface area contributed by atoms with Gasteiger partial charge in [-0.3, -0.25) is 76.9 Å². The first-order valence-electron chi connectivity index (χ1n) is 42.6. The van der Waals surface area contributed by atoms with E-state index >= 15 is 0 Å². The van der Waals surface area contributed by atoms with Crippen molar-refractivity contribution in [2.24, 2.45) is 86.7 Å². The zero-order valence-electron chi connectivity index (χ0n) is 71.7. The van der Waals surface area contributed by atoms with Crippen LogP contribution < -0.4 is 66.3 Å². The van der Waals surface area contributed by atoms with Crippen LogP contribution in [-0.4, -0.2) is 183 Å². The molecule has 0 heterocycles. The van der Waals surface area contributed by atoms with Gasteiger partial charge in [0, 0.05) is 99.8 Å². The van der Waals surface area contributed by atoms with Crippen molar-refractivity contribution in [1.29, 1.82) is 0 Å². The first-order valence-corrected chi connectivity index (χ1v) is 42.6. The number of aliphatic hydroxyl groups is 2. The largest absolute Gasteiger partial charge is 0.508 e. The van der Waals surface area contributed by atoms with Gasteiger partial charge in [-0.2, -0.15) is 0 Å². The second-order valence-electron chi connectivity index (χ2n) is 31.9. The lowest BCUT2D eigenvalue weighted by Crippen LogP contribution is -2.52. The number of ketones is 6. The van der Waals surface area contributed by atoms with Gasteiger partial charge in [-0.05, 0) is 127 Å². The van der Waals surface area contributed by atoms with E-state index < -0.39 is 168 Å². The molecule has 0 aliphatic rings. The molecule has 0 bridgehead atoms. The van der Waals surface area contributed by atoms with E-state index in [1.54, 1.807) is 60.6 Å². The van der Waals surface area contributed by atoms with E-state index in [0.717, 1.165) is 31.2 Å². The van der Waals surface area contributed by atoms with Crippen LogP contribution in [0, 0.1) is 47.3 Å². The number of primary amides is 2. The number of aliphatic carboxylic acids is 1. The number of carbonyl (C=O) groups is 15. The fourth-order valence-corrected chi connectivity index (χ4v) is 13.4. The number of aliphatic hydroxyl groups excluding tert-OH is 2. The molecule has 1 aromatic carbocycles. The molecule has 8 amide bonds. The smallest absolute Gasteiger partial charge is 0.303 e. The Morgan fingerprint density at radius 2 is 0.923 bits per heavy atom. The minimum atomic E-state index is -1.54. The number of carboxylic acids is 1. The molecule has 32 nitrogen and oxygen atoms in total. The number of carboxylic acid groups (broad SMARTS) is 1. The average molecular weight is 1660 g/mol. The van der Waals surface area contributed by atoms with E-state index in [0.29, 0.717) is 77.3 Å². The van der Waals surface area contributed by atoms with Crippen LogP contribution in [0.1, 0.15) is 287 Å². The first kappa shape index (κ1) is 108. The highest BCUT2D eigenvalue weighted by Gasteiger charge is 2.38. The second kappa shape index (κ2) is 62.6. The summed E-state index contributed by atoms with van der Waals surface area (Å²) in [4.78, 5) is 199. The summed E-state index contributed by atoms with van der Waals surface area (Å²) in [5, 5.41) is 55.5. The molecule has 666 valence electrons. The molecular formula is C85H147N13O19. The monoisotopic (exact) mass is 1650 g/mol. The Labute approximate surface area is 693 Å². The zero-order valence-corrected chi connectivity index (χ0v) is 71.7. The molecule has 1 rings (SSSR count). The molecule has 0 radical (unpaired) electrons. The van der Waals surface area contributed by atoms with Crippen LogP contribution in [0.5, 0.6) is 5.75 Å². The lowest BCUT2D eigenvalue weighted by molar-refractivity contribution is -0.140. The number of phenols is 1. The topological polar surface area (TPSA) is 578 Å². The number of hydrogen-bond acceptors (Lipinski definition) is 21. The molecule has 1 aromatic rings. The summed E-state index contributed by atoms with van der Waals surface area (Å²) in [6, 6.07) is -0.228. The highest BCUT2D eigenvalue weighted by molar-refractivity contribution is 5.99. The second-order valence-corrected chi connectivity index (χ2v) is 31.9. The molecular weight excluding hydrogens is 1510 g/mol. The number of rotatable bonds is 68. The quantitative estimate of drug-likeness (QED) is 0.0207. The molecule has 14 atom stereocenters. The Balaban J connectivity index is 0.00000230. The normalized spacial score (nSPS) is 14.8. The minimum absolute atomic E-state index is 0.0159. The maximum Gasteiger partial charge on any atom is 0.303 e. The Morgan fingerprint density at radius 1 is 0.444 bits per heavy atom. The van der Waals surface area contributed by atoms with Crippen molar-refractivity contribution in [2.45, 2.75) is 330 Å². The number of Topliss-reactive ketones (excluding diaryl/α,β-unsaturated/α-hetero) is 6. The standard InChI is InChI=1S/C43H76N4O11.C42H71N9O8/c1-6-9-10-11-12-13-14-15-16-17-18-19-20-21-39(54)45-34(28-48)36(51)26-31(22-25-40(55)56)42(57)47-41(30(5)49)37(52)27-32(29(4)7-2)43(58)46-33(35(50)8-3)23-24-38(44)53;1-25(2)32(41(59)51-33(12-7-9-19-44)36(54)22-26(3)38(45)56)24-35(53)28(5)49-40(58)30(11-6-8-18-43)23-37(55)34(13-10-20-48-42(46)47)50-39(57)27(4)21-29-14-16-31(52)17-15-29/h29-34,41,48-49H,6-28H2,1-5H3,(H2,44,53)(H,45,54)(H,46,58)(H,47,57)(H,55,56);14-17,25-28,30,32-34,52H,6-13,18-24,43-44H2,1-5H3,(H2,45,56)(H,49,58)(H,50,57)(H,51,59)(H4,46,47,48)/t29-,30+,31+,32-,33-,34-,41-;26-,27+,28+,30-,32+,33+,34+/m01/s1. The summed E-state index contributed by atoms with van der Waals surface area (Å²) < 4.78 is 0. The highest BCUT2D eigenvalue weighted by Crippen LogP contribution is 2.26. The van der Waals surface area contributed by atoms with E-state index in [2.05, 4.69) is 43.8 Å². The maximum absolute atomic E-state index is 13.9. The molecule has 0 aromatic heterocycles. The van der Waals surface area contributed by atoms with Gasteiger partial charge in [0.25, 0.3) is 0 Å². The minimum Gasteiger partial charge on any atom is -0.508 e. The lowest BCUT2D eigenvalue weighted by atomic mass is 9.84. The number of benzene rings is 1. The predicted octanol–water partition coefficient (Wildman–Crippen LogP) is 5.85. The van der Waals surface area contributed by atoms with Gasteiger partial charge in [-0.25, -0.2) is 0 Å². The molecule has 0 aliphatic heterocycles. The molecule has 0 saturated heterocycles. The van der Waals surface area contributed by atoms with E-state index in [9.17, 15) is 92.3 Å². The number of carbonyl (C=O) groups excluding carboxylic acids is 14. The number of amides is 8. The van der Waals surface area contributed by atoms with Gasteiger partial charge in [0.05, 0.1) is 36.9 Å². The van der Waals surface area contributed by atoms with Gasteiger partial charge in [-0.15, -0.1) is 0 Å². The third-order valence-corrected chi connectivity index (χ3v) is 21.3. The number of nitrogens with zero attached hydrogens (tertiary/aromatic N) is 1. The summed E-state index contributed by atoms with van der Waals surface area (Å²) >= 11 is 0. The zero-order chi connectivity index (χ0) is 88.7. The van der Waals surface area contributed by atoms with Crippen LogP contribution in [0.2, 0.25) is 0 Å². The third kappa shape index (κ3) is 48.1. The summed E-state index contributed by atoms with van der Waals surface area (Å²) in [5.74, 6) is -14.6. The molecule has 117 heavy (non-hydrogen) atoms. The van der Waals surface area contributed by atoms with Crippen molar-refractivity contribution in [3.63, 3.8) is 0 Å². The van der Waals surface area contributed by atoms with Crippen LogP contribution in [0.25, 0.3) is 0 Å². The molecule has 22 N–H and O–H groups in total. The lowest BCUT2D eigenvalue weighted by Gasteiger charge is -2.28. The van der Waals surface area contributed by atoms with E-state index in [1.807, 2.05) is 0 Å². The van der Waals surface area contributed by atoms with Crippen molar-refractivity contribution in [2.75, 3.05) is 26.2 Å². The van der Waals surface area contributed by atoms with Gasteiger partial charge < -0.3 is 86.7 Å². The van der Waals surface area contributed by atoms with Crippen LogP contribution in [0.4, 0.5) is 0 Å². The van der Waals surface area contributed by atoms with Crippen LogP contribution in [0.15, 0.2) is 29.3 Å². The average Bonchev–Trinajstić information content (AvgIpc) is 0.857. The van der Waals surface area contributed by atoms with Gasteiger partial charge >= 0.3 is 5.97 Å². The molecule has 0 aliphatic carbocycles. The van der Waals surface area contributed by atoms with Crippen LogP contribution in [0.3, 0.4) is 0 Å². The summed E-state index contributed by atoms with van der Waals surface area (Å²) in [6.07, 6.45) is 15.5. The fourth-order valence-electron chi connectivity index (χ4n) is 13.4. The number of aromatic hydroxyl groups is 1. The Morgan fingerprint density at radius 3 is 1.41 bits per heavy atom. The van der Waals surface area contributed by atoms with E-state index in [1.165, 1.54) is 77.3 Å². The molecule has 0 unspecified atom stereocenters. The van der Waals surface area contributed by atoms with Gasteiger partial charge in [0.1, 0.15) is 17.8 Å². The number of phenolic OH excluding ortho intramolecular Hbond substituents is 1. The maximum atomic E-state index is 13.9. The van der Waals surface area contributed by atoms with Crippen molar-refractivity contribution in [3.05, 3.63) is 29.8 Å². The van der Waals surface area contributed by atoms with Crippen molar-refractivity contribution in [1.82, 2.24) is 31.9 Å². The summed E-state index contributed by atoms with van der Waals surface area (Å²) in [6.45, 7) is 17.2. The van der Waals surface area contributed by atoms with Gasteiger partial charge in [0.15, 0.2) is 40.7 Å². The van der Waals surface area contributed by atoms with E-state index in [-0.39, 0.29) is 111 Å². The molecule has 32 heteroatoms. The highest BCUT2D eigenvalue weighted by atomic mass is 16.4. The van der Waals surface area contributed by atoms with Crippen molar-refractivity contribution >= 4 is 93.9 Å². The summed E-state index contributed by atoms with van der Waals surface area (Å²) in [7, 11) is 0. The third-order valence-electron chi connectivity index (χ3n) is 21.3. The Hall–Kier alpha value is -8.62. The van der Waals surface area contributed by atoms with Crippen LogP contribution >= 0.6 is 0 Å². The fraction of sp³-hybridized carbons (Fsp3) is 0.741. The molecule has 0 fully saturated rings. The predicted molar refractivity (Wildman–Crippen MR) is 448 cm³/mol. The summed E-state index contributed by atoms with van der Waals surface area (Å²) in [5.41, 5.74) is 33.7. The van der Waals surface area contributed by atoms with E-state index in [4.69, 9.17) is 34.4 Å².